The summed E-state index contributed by atoms with van der Waals surface area (Å²) >= 11 is 0. The van der Waals surface area contributed by atoms with Crippen molar-refractivity contribution in [3.05, 3.63) is 58.1 Å². The number of aliphatic hydroxyl groups is 1. The van der Waals surface area contributed by atoms with E-state index in [0.717, 1.165) is 32.3 Å². The molecule has 2 aromatic carbocycles. The van der Waals surface area contributed by atoms with Gasteiger partial charge in [-0.15, -0.1) is 0 Å². The summed E-state index contributed by atoms with van der Waals surface area (Å²) in [6.45, 7) is 2.20. The van der Waals surface area contributed by atoms with Gasteiger partial charge < -0.3 is 15.7 Å². The molecule has 1 atom stereocenters. The molecule has 3 amide bonds. The lowest BCUT2D eigenvalue weighted by Crippen LogP contribution is -2.52. The second-order valence-electron chi connectivity index (χ2n) is 9.92. The molecule has 224 valence electrons. The van der Waals surface area contributed by atoms with Crippen LogP contribution in [0.5, 0.6) is 0 Å². The van der Waals surface area contributed by atoms with Crippen LogP contribution in [0.2, 0.25) is 0 Å². The Balaban J connectivity index is 1.66. The molecule has 0 saturated heterocycles. The van der Waals surface area contributed by atoms with Gasteiger partial charge in [0.15, 0.2) is 15.4 Å². The van der Waals surface area contributed by atoms with Crippen molar-refractivity contribution in [2.45, 2.75) is 67.9 Å². The Morgan fingerprint density at radius 1 is 1.10 bits per heavy atom. The lowest BCUT2D eigenvalue weighted by Gasteiger charge is -2.27. The van der Waals surface area contributed by atoms with E-state index in [1.807, 2.05) is 0 Å². The number of hydrogen-bond acceptors (Lipinski definition) is 7. The van der Waals surface area contributed by atoms with Gasteiger partial charge in [0, 0.05) is 24.0 Å². The van der Waals surface area contributed by atoms with Crippen molar-refractivity contribution >= 4 is 38.8 Å². The third-order valence-corrected chi connectivity index (χ3v) is 9.14. The summed E-state index contributed by atoms with van der Waals surface area (Å²) in [5.41, 5.74) is -5.15. The van der Waals surface area contributed by atoms with Gasteiger partial charge in [0.1, 0.15) is 5.56 Å². The van der Waals surface area contributed by atoms with Crippen LogP contribution in [0, 0.1) is 10.1 Å². The largest absolute Gasteiger partial charge is 0.423 e. The van der Waals surface area contributed by atoms with E-state index in [2.05, 4.69) is 10.6 Å². The number of nitro groups is 1. The first-order valence-corrected chi connectivity index (χ1v) is 14.4. The van der Waals surface area contributed by atoms with Crippen molar-refractivity contribution in [2.75, 3.05) is 23.3 Å². The number of amides is 3. The Morgan fingerprint density at radius 3 is 2.24 bits per heavy atom. The first-order chi connectivity index (χ1) is 19.1. The van der Waals surface area contributed by atoms with Gasteiger partial charge in [0.2, 0.25) is 0 Å². The number of nitrogens with zero attached hydrogens (tertiary/aromatic N) is 2. The van der Waals surface area contributed by atoms with Crippen LogP contribution in [0.4, 0.5) is 35.0 Å². The van der Waals surface area contributed by atoms with Gasteiger partial charge >= 0.3 is 12.2 Å². The smallest absolute Gasteiger partial charge is 0.378 e. The van der Waals surface area contributed by atoms with E-state index in [1.54, 1.807) is 6.92 Å². The Kier molecular flexibility index (Phi) is 9.64. The number of halogens is 3. The number of nitro benzene ring substituents is 1. The van der Waals surface area contributed by atoms with Crippen LogP contribution in [-0.2, 0) is 20.8 Å². The van der Waals surface area contributed by atoms with E-state index in [0.29, 0.717) is 30.7 Å². The molecule has 0 heterocycles. The van der Waals surface area contributed by atoms with Crippen LogP contribution in [0.25, 0.3) is 0 Å². The van der Waals surface area contributed by atoms with Gasteiger partial charge in [-0.25, -0.2) is 13.2 Å². The van der Waals surface area contributed by atoms with Crippen molar-refractivity contribution in [1.82, 2.24) is 5.32 Å². The van der Waals surface area contributed by atoms with Gasteiger partial charge in [-0.3, -0.25) is 19.8 Å². The minimum absolute atomic E-state index is 0.151. The van der Waals surface area contributed by atoms with Crippen molar-refractivity contribution in [1.29, 1.82) is 0 Å². The third kappa shape index (κ3) is 7.52. The molecule has 2 aromatic rings. The fraction of sp³-hybridized carbons (Fsp3) is 0.462. The van der Waals surface area contributed by atoms with Crippen LogP contribution in [0.15, 0.2) is 47.4 Å². The van der Waals surface area contributed by atoms with Gasteiger partial charge in [-0.2, -0.15) is 13.2 Å². The maximum Gasteiger partial charge on any atom is 0.423 e. The highest BCUT2D eigenvalue weighted by Crippen LogP contribution is 2.37. The van der Waals surface area contributed by atoms with E-state index >= 15 is 0 Å². The van der Waals surface area contributed by atoms with Gasteiger partial charge in [-0.05, 0) is 63.1 Å². The highest BCUT2D eigenvalue weighted by molar-refractivity contribution is 7.92. The summed E-state index contributed by atoms with van der Waals surface area (Å²) in [5, 5.41) is 25.5. The molecular formula is C26H31F3N4O7S. The van der Waals surface area contributed by atoms with Crippen LogP contribution < -0.4 is 15.5 Å². The normalized spacial score (nSPS) is 16.0. The number of benzene rings is 2. The molecule has 0 aliphatic heterocycles. The molecule has 1 aliphatic rings. The summed E-state index contributed by atoms with van der Waals surface area (Å²) in [7, 11) is -3.51. The third-order valence-electron chi connectivity index (χ3n) is 6.86. The number of anilines is 2. The van der Waals surface area contributed by atoms with Gasteiger partial charge in [0.25, 0.3) is 11.6 Å². The zero-order valence-electron chi connectivity index (χ0n) is 22.4. The van der Waals surface area contributed by atoms with Crippen molar-refractivity contribution in [2.24, 2.45) is 0 Å². The second-order valence-corrected chi connectivity index (χ2v) is 12.1. The quantitative estimate of drug-likeness (QED) is 0.279. The Hall–Kier alpha value is -3.72. The van der Waals surface area contributed by atoms with Gasteiger partial charge in [0.05, 0.1) is 21.6 Å². The fourth-order valence-corrected chi connectivity index (χ4v) is 6.37. The van der Waals surface area contributed by atoms with Crippen LogP contribution in [0.3, 0.4) is 0 Å². The molecule has 15 heteroatoms. The Bertz CT molecular complexity index is 1390. The number of hydrogen-bond donors (Lipinski definition) is 3. The molecule has 0 spiro atoms. The minimum Gasteiger partial charge on any atom is -0.378 e. The first kappa shape index (κ1) is 31.8. The summed E-state index contributed by atoms with van der Waals surface area (Å²) in [5.74, 6) is -1.17. The van der Waals surface area contributed by atoms with E-state index in [4.69, 9.17) is 0 Å². The van der Waals surface area contributed by atoms with Crippen LogP contribution in [0.1, 0.15) is 51.5 Å². The SMILES string of the molecule is CCN(C(=O)NCC(C)(O)C(=O)Nc1ccc([N+](=O)[O-])c(C(F)(F)F)c1)c1ccc(S(=O)(=O)C2CCCCC2)cc1. The highest BCUT2D eigenvalue weighted by Gasteiger charge is 2.39. The summed E-state index contributed by atoms with van der Waals surface area (Å²) in [4.78, 5) is 36.6. The zero-order valence-corrected chi connectivity index (χ0v) is 23.2. The number of nitrogens with one attached hydrogen (secondary N) is 2. The molecule has 0 radical (unpaired) electrons. The molecule has 1 saturated carbocycles. The number of urea groups is 1. The molecular weight excluding hydrogens is 569 g/mol. The molecule has 0 aromatic heterocycles. The Morgan fingerprint density at radius 2 is 1.71 bits per heavy atom. The maximum atomic E-state index is 13.2. The molecule has 0 bridgehead atoms. The van der Waals surface area contributed by atoms with E-state index < -0.39 is 67.2 Å². The summed E-state index contributed by atoms with van der Waals surface area (Å²) in [6.07, 6.45) is -1.13. The summed E-state index contributed by atoms with van der Waals surface area (Å²) < 4.78 is 65.6. The molecule has 3 N–H and O–H groups in total. The molecule has 1 aliphatic carbocycles. The van der Waals surface area contributed by atoms with E-state index in [1.165, 1.54) is 29.2 Å². The summed E-state index contributed by atoms with van der Waals surface area (Å²) in [6, 6.07) is 6.94. The number of sulfone groups is 1. The number of carbonyl (C=O) groups is 2. The maximum absolute atomic E-state index is 13.2. The topological polar surface area (TPSA) is 159 Å². The van der Waals surface area contributed by atoms with Gasteiger partial charge in [-0.1, -0.05) is 19.3 Å². The lowest BCUT2D eigenvalue weighted by molar-refractivity contribution is -0.388. The zero-order chi connectivity index (χ0) is 30.6. The standard InChI is InChI=1S/C26H31F3N4O7S/c1-3-32(18-10-12-20(13-11-18)41(39,40)19-7-5-4-6-8-19)24(35)30-16-25(2,36)23(34)31-17-9-14-22(33(37)38)21(15-17)26(27,28)29/h9-15,19,36H,3-8,16H2,1-2H3,(H,30,35)(H,31,34). The fourth-order valence-electron chi connectivity index (χ4n) is 4.52. The number of alkyl halides is 3. The monoisotopic (exact) mass is 600 g/mol. The predicted molar refractivity (Wildman–Crippen MR) is 144 cm³/mol. The molecule has 3 rings (SSSR count). The Labute approximate surface area is 234 Å². The molecule has 11 nitrogen and oxygen atoms in total. The van der Waals surface area contributed by atoms with Crippen molar-refractivity contribution < 1.29 is 41.2 Å². The van der Waals surface area contributed by atoms with Crippen LogP contribution >= 0.6 is 0 Å². The van der Waals surface area contributed by atoms with Crippen molar-refractivity contribution in [3.8, 4) is 0 Å². The predicted octanol–water partition coefficient (Wildman–Crippen LogP) is 4.65. The van der Waals surface area contributed by atoms with E-state index in [9.17, 15) is 46.4 Å². The lowest BCUT2D eigenvalue weighted by atomic mass is 10.0. The number of rotatable bonds is 9. The highest BCUT2D eigenvalue weighted by atomic mass is 32.2. The average Bonchev–Trinajstić information content (AvgIpc) is 2.92. The average molecular weight is 601 g/mol. The first-order valence-electron chi connectivity index (χ1n) is 12.9. The molecule has 1 fully saturated rings. The molecule has 1 unspecified atom stereocenters. The minimum atomic E-state index is -5.07. The second kappa shape index (κ2) is 12.4. The van der Waals surface area contributed by atoms with E-state index in [-0.39, 0.29) is 11.4 Å². The van der Waals surface area contributed by atoms with Crippen molar-refractivity contribution in [3.63, 3.8) is 0 Å². The number of carbonyl (C=O) groups excluding carboxylic acids is 2. The molecule has 41 heavy (non-hydrogen) atoms. The van der Waals surface area contributed by atoms with Crippen LogP contribution in [-0.4, -0.2) is 54.3 Å².